The zero-order chi connectivity index (χ0) is 26.1. The Labute approximate surface area is 214 Å². The average molecular weight is 500 g/mol. The van der Waals surface area contributed by atoms with E-state index in [0.717, 1.165) is 68.3 Å². The van der Waals surface area contributed by atoms with Crippen LogP contribution in [0.1, 0.15) is 43.0 Å². The van der Waals surface area contributed by atoms with Crippen molar-refractivity contribution in [1.29, 1.82) is 0 Å². The first-order chi connectivity index (χ1) is 17.1. The summed E-state index contributed by atoms with van der Waals surface area (Å²) >= 11 is 5.68. The molecule has 5 nitrogen and oxygen atoms in total. The Kier molecular flexibility index (Phi) is 15.3. The van der Waals surface area contributed by atoms with Gasteiger partial charge in [-0.15, -0.1) is 0 Å². The van der Waals surface area contributed by atoms with Crippen molar-refractivity contribution < 1.29 is 20.1 Å². The van der Waals surface area contributed by atoms with Crippen molar-refractivity contribution in [3.05, 3.63) is 89.4 Å². The molecule has 4 rings (SSSR count). The fraction of sp³-hybridized carbons (Fsp3) is 0.345. The van der Waals surface area contributed by atoms with Gasteiger partial charge in [-0.2, -0.15) is 0 Å². The number of anilines is 1. The van der Waals surface area contributed by atoms with Crippen LogP contribution in [0.3, 0.4) is 0 Å². The molecule has 6 heteroatoms. The molecule has 0 bridgehead atoms. The van der Waals surface area contributed by atoms with E-state index in [9.17, 15) is 9.90 Å². The van der Waals surface area contributed by atoms with Crippen LogP contribution in [0.25, 0.3) is 11.1 Å². The number of Topliss-reactive ketones (excluding diaryl/α,β-unsaturated/α-hetero) is 1. The van der Waals surface area contributed by atoms with Crippen molar-refractivity contribution in [2.45, 2.75) is 38.7 Å². The highest BCUT2D eigenvalue weighted by atomic mass is 35.5. The molecule has 0 aromatic heterocycles. The van der Waals surface area contributed by atoms with E-state index in [-0.39, 0.29) is 11.7 Å². The lowest BCUT2D eigenvalue weighted by atomic mass is 9.81. The van der Waals surface area contributed by atoms with E-state index in [1.807, 2.05) is 66.7 Å². The third kappa shape index (κ3) is 10.2. The summed E-state index contributed by atoms with van der Waals surface area (Å²) in [5.41, 5.74) is 4.08. The molecule has 0 aliphatic heterocycles. The first kappa shape index (κ1) is 30.3. The van der Waals surface area contributed by atoms with E-state index in [1.54, 1.807) is 0 Å². The summed E-state index contributed by atoms with van der Waals surface area (Å²) < 4.78 is 0. The third-order valence-corrected chi connectivity index (χ3v) is 5.82. The zero-order valence-electron chi connectivity index (χ0n) is 20.8. The van der Waals surface area contributed by atoms with Crippen molar-refractivity contribution in [1.82, 2.24) is 0 Å². The molecular weight excluding hydrogens is 462 g/mol. The topological polar surface area (TPSA) is 89.8 Å². The highest BCUT2D eigenvalue weighted by Crippen LogP contribution is 2.28. The second kappa shape index (κ2) is 17.7. The van der Waals surface area contributed by atoms with Gasteiger partial charge in [0.1, 0.15) is 0 Å². The first-order valence-corrected chi connectivity index (χ1v) is 12.2. The maximum Gasteiger partial charge on any atom is 0.168 e. The molecule has 2 unspecified atom stereocenters. The van der Waals surface area contributed by atoms with Gasteiger partial charge in [0.05, 0.1) is 6.10 Å². The Morgan fingerprint density at radius 3 is 1.91 bits per heavy atom. The van der Waals surface area contributed by atoms with Crippen LogP contribution < -0.4 is 5.32 Å². The summed E-state index contributed by atoms with van der Waals surface area (Å²) in [7, 11) is 2.00. The number of carbonyl (C=O) groups excluding carboxylic acids is 1. The molecule has 1 saturated carbocycles. The van der Waals surface area contributed by atoms with Gasteiger partial charge in [-0.3, -0.25) is 4.79 Å². The predicted molar refractivity (Wildman–Crippen MR) is 146 cm³/mol. The number of rotatable bonds is 5. The maximum absolute atomic E-state index is 12.5. The van der Waals surface area contributed by atoms with Crippen LogP contribution in [0, 0.1) is 5.92 Å². The Balaban J connectivity index is 0.000000368. The molecule has 190 valence electrons. The number of ketones is 1. The molecule has 3 aromatic rings. The molecule has 0 heterocycles. The van der Waals surface area contributed by atoms with Gasteiger partial charge in [-0.25, -0.2) is 0 Å². The molecule has 1 aliphatic carbocycles. The maximum atomic E-state index is 12.5. The van der Waals surface area contributed by atoms with Crippen LogP contribution in [0.5, 0.6) is 0 Å². The first-order valence-electron chi connectivity index (χ1n) is 11.8. The Bertz CT molecular complexity index is 947. The van der Waals surface area contributed by atoms with E-state index in [0.29, 0.717) is 5.56 Å². The van der Waals surface area contributed by atoms with Gasteiger partial charge >= 0.3 is 0 Å². The lowest BCUT2D eigenvalue weighted by Crippen LogP contribution is -2.31. The molecule has 4 N–H and O–H groups in total. The van der Waals surface area contributed by atoms with E-state index >= 15 is 0 Å². The van der Waals surface area contributed by atoms with Crippen molar-refractivity contribution in [3.8, 4) is 11.1 Å². The fourth-order valence-electron chi connectivity index (χ4n) is 3.86. The lowest BCUT2D eigenvalue weighted by Gasteiger charge is -2.26. The van der Waals surface area contributed by atoms with Crippen LogP contribution >= 0.6 is 11.6 Å². The van der Waals surface area contributed by atoms with Crippen molar-refractivity contribution >= 4 is 23.1 Å². The van der Waals surface area contributed by atoms with E-state index in [4.69, 9.17) is 21.8 Å². The number of nitrogens with one attached hydrogen (secondary N) is 1. The molecule has 1 aliphatic rings. The van der Waals surface area contributed by atoms with E-state index in [1.165, 1.54) is 0 Å². The highest BCUT2D eigenvalue weighted by molar-refractivity contribution is 6.30. The lowest BCUT2D eigenvalue weighted by molar-refractivity contribution is 0.0525. The summed E-state index contributed by atoms with van der Waals surface area (Å²) in [6, 6.07) is 25.5. The zero-order valence-corrected chi connectivity index (χ0v) is 21.6. The van der Waals surface area contributed by atoms with Crippen LogP contribution in [0.2, 0.25) is 5.02 Å². The molecule has 35 heavy (non-hydrogen) atoms. The Morgan fingerprint density at radius 1 is 0.829 bits per heavy atom. The summed E-state index contributed by atoms with van der Waals surface area (Å²) in [5.74, 6) is -0.136. The summed E-state index contributed by atoms with van der Waals surface area (Å²) in [6.07, 6.45) is 3.15. The van der Waals surface area contributed by atoms with Crippen molar-refractivity contribution in [3.63, 3.8) is 0 Å². The molecule has 3 aromatic carbocycles. The number of hydrogen-bond donors (Lipinski definition) is 4. The van der Waals surface area contributed by atoms with Crippen LogP contribution in [0.15, 0.2) is 78.9 Å². The molecule has 0 spiro atoms. The average Bonchev–Trinajstić information content (AvgIpc) is 2.93. The smallest absolute Gasteiger partial charge is 0.168 e. The van der Waals surface area contributed by atoms with E-state index < -0.39 is 6.10 Å². The molecule has 0 amide bonds. The van der Waals surface area contributed by atoms with Gasteiger partial charge in [0.2, 0.25) is 0 Å². The number of carbonyl (C=O) groups is 1. The third-order valence-electron chi connectivity index (χ3n) is 5.57. The molecule has 1 fully saturated rings. The number of halogens is 1. The second-order valence-corrected chi connectivity index (χ2v) is 8.24. The summed E-state index contributed by atoms with van der Waals surface area (Å²) in [6.45, 7) is 3.01. The molecular formula is C29H38ClNO4. The van der Waals surface area contributed by atoms with Gasteiger partial charge in [0.15, 0.2) is 5.78 Å². The van der Waals surface area contributed by atoms with Crippen molar-refractivity contribution in [2.75, 3.05) is 26.1 Å². The van der Waals surface area contributed by atoms with Gasteiger partial charge in [0, 0.05) is 43.0 Å². The minimum atomic E-state index is -0.472. The molecule has 2 atom stereocenters. The van der Waals surface area contributed by atoms with E-state index in [2.05, 4.69) is 24.4 Å². The Morgan fingerprint density at radius 2 is 1.37 bits per heavy atom. The fourth-order valence-corrected chi connectivity index (χ4v) is 3.99. The normalized spacial score (nSPS) is 16.2. The number of hydrogen-bond acceptors (Lipinski definition) is 5. The molecule has 0 radical (unpaired) electrons. The van der Waals surface area contributed by atoms with Gasteiger partial charge in [-0.05, 0) is 55.2 Å². The largest absolute Gasteiger partial charge is 0.400 e. The predicted octanol–water partition coefficient (Wildman–Crippen LogP) is 6.08. The Hall–Kier alpha value is -2.70. The number of aliphatic hydroxyl groups excluding tert-OH is 3. The minimum absolute atomic E-state index is 0.0850. The van der Waals surface area contributed by atoms with Crippen molar-refractivity contribution in [2.24, 2.45) is 5.92 Å². The summed E-state index contributed by atoms with van der Waals surface area (Å²) in [4.78, 5) is 12.5. The van der Waals surface area contributed by atoms with Crippen LogP contribution in [0.4, 0.5) is 5.69 Å². The highest BCUT2D eigenvalue weighted by Gasteiger charge is 2.29. The van der Waals surface area contributed by atoms with Crippen LogP contribution in [-0.4, -0.2) is 48.0 Å². The van der Waals surface area contributed by atoms with Gasteiger partial charge in [-0.1, -0.05) is 79.0 Å². The summed E-state index contributed by atoms with van der Waals surface area (Å²) in [5, 5.41) is 28.0. The quantitative estimate of drug-likeness (QED) is 0.319. The van der Waals surface area contributed by atoms with Gasteiger partial charge < -0.3 is 20.6 Å². The number of aliphatic hydroxyl groups is 3. The van der Waals surface area contributed by atoms with Crippen LogP contribution in [-0.2, 0) is 0 Å². The monoisotopic (exact) mass is 499 g/mol. The minimum Gasteiger partial charge on any atom is -0.400 e. The molecule has 0 saturated heterocycles. The number of benzene rings is 3. The standard InChI is InChI=1S/C19H20O2.C8H10ClN.2CH4O/c20-18-9-5-4-8-17(18)19(21)16-12-10-15(11-13-16)14-6-2-1-3-7-14;1-2-10-8-5-3-7(9)4-6-8;2*1-2/h1-3,6-7,10-13,17-18,20H,4-5,8-9H2;3-6,10H,2H2,1H3;2*2H,1H3. The second-order valence-electron chi connectivity index (χ2n) is 7.80. The SMILES string of the molecule is CCNc1ccc(Cl)cc1.CO.CO.O=C(c1ccc(-c2ccccc2)cc1)C1CCCCC1O. The van der Waals surface area contributed by atoms with Gasteiger partial charge in [0.25, 0.3) is 0 Å².